The van der Waals surface area contributed by atoms with E-state index in [1.807, 2.05) is 42.5 Å². The third-order valence-electron chi connectivity index (χ3n) is 7.91. The average Bonchev–Trinajstić information content (AvgIpc) is 3.20. The summed E-state index contributed by atoms with van der Waals surface area (Å²) in [6.45, 7) is 4.54. The molecule has 8 heteroatoms. The van der Waals surface area contributed by atoms with Gasteiger partial charge in [0.1, 0.15) is 0 Å². The van der Waals surface area contributed by atoms with Crippen LogP contribution in [0, 0.1) is 13.8 Å². The Morgan fingerprint density at radius 2 is 1.74 bits per heavy atom. The van der Waals surface area contributed by atoms with E-state index in [-0.39, 0.29) is 12.5 Å². The number of hydrogen-bond donors (Lipinski definition) is 2. The maximum absolute atomic E-state index is 11.1. The first-order chi connectivity index (χ1) is 18.8. The normalized spacial score (nSPS) is 20.8. The fourth-order valence-corrected chi connectivity index (χ4v) is 7.69. The Balaban J connectivity index is 1.26. The molecule has 2 heterocycles. The number of pyridine rings is 1. The van der Waals surface area contributed by atoms with Gasteiger partial charge in [-0.2, -0.15) is 0 Å². The second-order valence-electron chi connectivity index (χ2n) is 10.9. The molecular formula is C31H39ClNO5P. The monoisotopic (exact) mass is 571 g/mol. The molecule has 1 saturated heterocycles. The van der Waals surface area contributed by atoms with Gasteiger partial charge in [-0.1, -0.05) is 25.7 Å². The third kappa shape index (κ3) is 7.11. The van der Waals surface area contributed by atoms with Crippen LogP contribution in [0.25, 0.3) is 0 Å². The van der Waals surface area contributed by atoms with E-state index in [1.54, 1.807) is 6.07 Å². The summed E-state index contributed by atoms with van der Waals surface area (Å²) in [4.78, 5) is 16.0. The summed E-state index contributed by atoms with van der Waals surface area (Å²) < 4.78 is 17.8. The molecule has 6 nitrogen and oxygen atoms in total. The maximum atomic E-state index is 11.1. The zero-order valence-corrected chi connectivity index (χ0v) is 24.5. The molecule has 1 aliphatic heterocycles. The van der Waals surface area contributed by atoms with Gasteiger partial charge in [-0.3, -0.25) is 0 Å². The van der Waals surface area contributed by atoms with Crippen molar-refractivity contribution in [3.63, 3.8) is 0 Å². The summed E-state index contributed by atoms with van der Waals surface area (Å²) in [6, 6.07) is 15.2. The minimum atomic E-state index is -3.52. The molecule has 0 bridgehead atoms. The molecule has 1 atom stereocenters. The Bertz CT molecular complexity index is 1270. The SMILES string of the molecule is Cc1cc(OC[PH]2(O)OCCC(c3cccc(Cl)c3)O2)cc(C)c1Cc1ccc(O)c(C2CCCCCC2)n1. The van der Waals surface area contributed by atoms with Crippen LogP contribution in [0.4, 0.5) is 0 Å². The van der Waals surface area contributed by atoms with Crippen molar-refractivity contribution in [2.75, 3.05) is 13.0 Å². The van der Waals surface area contributed by atoms with Gasteiger partial charge in [0.15, 0.2) is 0 Å². The van der Waals surface area contributed by atoms with Crippen molar-refractivity contribution >= 4 is 19.5 Å². The second-order valence-corrected chi connectivity index (χ2v) is 13.6. The zero-order chi connectivity index (χ0) is 27.4. The molecule has 1 unspecified atom stereocenters. The van der Waals surface area contributed by atoms with Crippen LogP contribution in [0.15, 0.2) is 48.5 Å². The first kappa shape index (κ1) is 28.3. The molecule has 0 amide bonds. The number of aromatic hydroxyl groups is 1. The molecule has 2 N–H and O–H groups in total. The second kappa shape index (κ2) is 12.5. The van der Waals surface area contributed by atoms with Crippen LogP contribution in [0.1, 0.15) is 90.6 Å². The first-order valence-electron chi connectivity index (χ1n) is 14.0. The van der Waals surface area contributed by atoms with Crippen LogP contribution in [0.2, 0.25) is 5.02 Å². The van der Waals surface area contributed by atoms with Crippen molar-refractivity contribution in [2.45, 2.75) is 77.2 Å². The Labute approximate surface area is 236 Å². The third-order valence-corrected chi connectivity index (χ3v) is 9.96. The summed E-state index contributed by atoms with van der Waals surface area (Å²) in [5, 5.41) is 11.2. The van der Waals surface area contributed by atoms with E-state index in [2.05, 4.69) is 13.8 Å². The van der Waals surface area contributed by atoms with E-state index in [4.69, 9.17) is 30.4 Å². The number of halogens is 1. The van der Waals surface area contributed by atoms with Crippen LogP contribution in [0.5, 0.6) is 11.5 Å². The molecule has 1 saturated carbocycles. The fraction of sp³-hybridized carbons (Fsp3) is 0.452. The van der Waals surface area contributed by atoms with Gasteiger partial charge in [0.25, 0.3) is 0 Å². The number of nitrogens with zero attached hydrogens (tertiary/aromatic N) is 1. The van der Waals surface area contributed by atoms with Crippen molar-refractivity contribution < 1.29 is 23.8 Å². The predicted octanol–water partition coefficient (Wildman–Crippen LogP) is 8.09. The van der Waals surface area contributed by atoms with E-state index in [0.29, 0.717) is 41.9 Å². The molecule has 5 rings (SSSR count). The molecular weight excluding hydrogens is 533 g/mol. The molecule has 2 aromatic carbocycles. The van der Waals surface area contributed by atoms with Crippen LogP contribution in [0.3, 0.4) is 0 Å². The molecule has 1 aromatic heterocycles. The van der Waals surface area contributed by atoms with E-state index >= 15 is 0 Å². The molecule has 1 aliphatic carbocycles. The Morgan fingerprint density at radius 1 is 1.00 bits per heavy atom. The van der Waals surface area contributed by atoms with Gasteiger partial charge in [0.2, 0.25) is 0 Å². The standard InChI is InChI=1S/C31H39ClNO5P/c1-21-16-27(36-20-39(35)37-15-14-30(38-39)24-10-7-11-25(32)18-24)17-22(2)28(21)19-26-12-13-29(34)31(33-26)23-8-5-3-4-6-9-23/h7,10-13,16-18,23,30,34-35,39H,3-6,8-9,14-15,19-20H2,1-2H3. The summed E-state index contributed by atoms with van der Waals surface area (Å²) in [6.07, 6.45) is 8.16. The van der Waals surface area contributed by atoms with Gasteiger partial charge in [-0.15, -0.1) is 0 Å². The van der Waals surface area contributed by atoms with Crippen molar-refractivity contribution in [1.29, 1.82) is 0 Å². The van der Waals surface area contributed by atoms with Crippen LogP contribution < -0.4 is 4.74 Å². The van der Waals surface area contributed by atoms with E-state index in [1.165, 1.54) is 31.2 Å². The van der Waals surface area contributed by atoms with E-state index in [9.17, 15) is 10.00 Å². The summed E-state index contributed by atoms with van der Waals surface area (Å²) in [5.74, 6) is 1.32. The Morgan fingerprint density at radius 3 is 2.46 bits per heavy atom. The van der Waals surface area contributed by atoms with E-state index < -0.39 is 7.94 Å². The number of hydrogen-bond acceptors (Lipinski definition) is 6. The predicted molar refractivity (Wildman–Crippen MR) is 157 cm³/mol. The molecule has 210 valence electrons. The van der Waals surface area contributed by atoms with Crippen molar-refractivity contribution in [2.24, 2.45) is 0 Å². The first-order valence-corrected chi connectivity index (χ1v) is 16.4. The molecule has 3 aromatic rings. The Hall–Kier alpha value is -2.21. The molecule has 0 radical (unpaired) electrons. The van der Waals surface area contributed by atoms with Gasteiger partial charge in [-0.25, -0.2) is 0 Å². The number of rotatable bonds is 7. The summed E-state index contributed by atoms with van der Waals surface area (Å²) >= 11 is 6.15. The minimum absolute atomic E-state index is 0.0213. The van der Waals surface area contributed by atoms with Gasteiger partial charge in [-0.05, 0) is 0 Å². The van der Waals surface area contributed by atoms with Crippen molar-refractivity contribution in [3.8, 4) is 11.5 Å². The average molecular weight is 572 g/mol. The zero-order valence-electron chi connectivity index (χ0n) is 22.8. The Kier molecular flexibility index (Phi) is 9.10. The number of aryl methyl sites for hydroxylation is 2. The number of benzene rings is 2. The van der Waals surface area contributed by atoms with Crippen LogP contribution in [-0.4, -0.2) is 27.9 Å². The van der Waals surface area contributed by atoms with Crippen molar-refractivity contribution in [1.82, 2.24) is 4.98 Å². The number of ether oxygens (including phenoxy) is 1. The molecule has 0 spiro atoms. The number of aromatic nitrogens is 1. The molecule has 2 aliphatic rings. The molecule has 2 fully saturated rings. The summed E-state index contributed by atoms with van der Waals surface area (Å²) in [5.41, 5.74) is 6.11. The van der Waals surface area contributed by atoms with Crippen LogP contribution >= 0.6 is 19.5 Å². The van der Waals surface area contributed by atoms with Gasteiger partial charge >= 0.3 is 212 Å². The van der Waals surface area contributed by atoms with Gasteiger partial charge < -0.3 is 0 Å². The topological polar surface area (TPSA) is 81.0 Å². The summed E-state index contributed by atoms with van der Waals surface area (Å²) in [7, 11) is -3.52. The molecule has 39 heavy (non-hydrogen) atoms. The van der Waals surface area contributed by atoms with Gasteiger partial charge in [0.05, 0.1) is 0 Å². The van der Waals surface area contributed by atoms with Crippen molar-refractivity contribution in [3.05, 3.63) is 87.2 Å². The fourth-order valence-electron chi connectivity index (χ4n) is 5.79. The van der Waals surface area contributed by atoms with Crippen LogP contribution in [-0.2, 0) is 15.5 Å². The quantitative estimate of drug-likeness (QED) is 0.220. The van der Waals surface area contributed by atoms with E-state index in [0.717, 1.165) is 40.9 Å². The van der Waals surface area contributed by atoms with Gasteiger partial charge in [0, 0.05) is 0 Å².